The molecule has 10 nitrogen and oxygen atoms in total. The van der Waals surface area contributed by atoms with Crippen LogP contribution in [0.25, 0.3) is 0 Å². The molecule has 1 fully saturated rings. The molecule has 1 aliphatic heterocycles. The summed E-state index contributed by atoms with van der Waals surface area (Å²) < 4.78 is 9.74. The molecule has 1 heterocycles. The standard InChI is InChI=1S/C18H24N4O6/c1-27-11-12-7-13(18(26)28-2)9-14(8-12)21-17(25)16(24)20-4-6-22-5-3-19-15(23)10-22/h7-9H,3-6,10-11H2,1-2H3,(H,19,23)(H,20,24)(H,21,25). The molecule has 0 bridgehead atoms. The predicted molar refractivity (Wildman–Crippen MR) is 99.6 cm³/mol. The Bertz CT molecular complexity index is 752. The van der Waals surface area contributed by atoms with E-state index in [2.05, 4.69) is 16.0 Å². The summed E-state index contributed by atoms with van der Waals surface area (Å²) in [5.74, 6) is -2.30. The summed E-state index contributed by atoms with van der Waals surface area (Å²) >= 11 is 0. The molecular weight excluding hydrogens is 368 g/mol. The molecule has 3 N–H and O–H groups in total. The third kappa shape index (κ3) is 6.32. The second kappa shape index (κ2) is 10.4. The van der Waals surface area contributed by atoms with E-state index in [0.29, 0.717) is 25.2 Å². The largest absolute Gasteiger partial charge is 0.465 e. The second-order valence-electron chi connectivity index (χ2n) is 6.18. The first-order chi connectivity index (χ1) is 13.4. The van der Waals surface area contributed by atoms with E-state index in [1.165, 1.54) is 20.3 Å². The Morgan fingerprint density at radius 3 is 2.64 bits per heavy atom. The summed E-state index contributed by atoms with van der Waals surface area (Å²) in [6.45, 7) is 2.44. The van der Waals surface area contributed by atoms with Crippen molar-refractivity contribution in [2.75, 3.05) is 52.3 Å². The van der Waals surface area contributed by atoms with Gasteiger partial charge in [-0.25, -0.2) is 4.79 Å². The molecule has 0 radical (unpaired) electrons. The molecule has 0 saturated carbocycles. The first-order valence-corrected chi connectivity index (χ1v) is 8.72. The number of nitrogens with one attached hydrogen (secondary N) is 3. The third-order valence-corrected chi connectivity index (χ3v) is 4.02. The van der Waals surface area contributed by atoms with E-state index >= 15 is 0 Å². The highest BCUT2D eigenvalue weighted by molar-refractivity contribution is 6.39. The Morgan fingerprint density at radius 2 is 1.96 bits per heavy atom. The maximum Gasteiger partial charge on any atom is 0.337 e. The molecule has 1 aromatic rings. The highest BCUT2D eigenvalue weighted by Crippen LogP contribution is 2.17. The van der Waals surface area contributed by atoms with E-state index in [1.807, 2.05) is 4.90 Å². The van der Waals surface area contributed by atoms with E-state index in [1.54, 1.807) is 12.1 Å². The molecular formula is C18H24N4O6. The number of amides is 3. The topological polar surface area (TPSA) is 126 Å². The number of hydrogen-bond acceptors (Lipinski definition) is 7. The fraction of sp³-hybridized carbons (Fsp3) is 0.444. The van der Waals surface area contributed by atoms with Crippen LogP contribution >= 0.6 is 0 Å². The minimum atomic E-state index is -0.859. The van der Waals surface area contributed by atoms with E-state index < -0.39 is 17.8 Å². The van der Waals surface area contributed by atoms with Crippen molar-refractivity contribution < 1.29 is 28.7 Å². The molecule has 1 aromatic carbocycles. The first-order valence-electron chi connectivity index (χ1n) is 8.72. The second-order valence-corrected chi connectivity index (χ2v) is 6.18. The Balaban J connectivity index is 1.91. The van der Waals surface area contributed by atoms with Crippen LogP contribution in [0.3, 0.4) is 0 Å². The van der Waals surface area contributed by atoms with Crippen molar-refractivity contribution in [3.8, 4) is 0 Å². The van der Waals surface area contributed by atoms with Crippen molar-refractivity contribution in [3.63, 3.8) is 0 Å². The molecule has 0 aromatic heterocycles. The zero-order valence-corrected chi connectivity index (χ0v) is 15.9. The van der Waals surface area contributed by atoms with Crippen molar-refractivity contribution in [2.45, 2.75) is 6.61 Å². The van der Waals surface area contributed by atoms with Gasteiger partial charge >= 0.3 is 17.8 Å². The molecule has 152 valence electrons. The van der Waals surface area contributed by atoms with Crippen LogP contribution in [0, 0.1) is 0 Å². The molecule has 2 rings (SSSR count). The molecule has 0 spiro atoms. The Hall–Kier alpha value is -2.98. The molecule has 1 saturated heterocycles. The summed E-state index contributed by atoms with van der Waals surface area (Å²) in [5, 5.41) is 7.69. The third-order valence-electron chi connectivity index (χ3n) is 4.02. The van der Waals surface area contributed by atoms with Crippen LogP contribution in [0.5, 0.6) is 0 Å². The lowest BCUT2D eigenvalue weighted by Gasteiger charge is -2.26. The van der Waals surface area contributed by atoms with E-state index in [9.17, 15) is 19.2 Å². The SMILES string of the molecule is COCc1cc(NC(=O)C(=O)NCCN2CCNC(=O)C2)cc(C(=O)OC)c1. The lowest BCUT2D eigenvalue weighted by Crippen LogP contribution is -2.50. The average Bonchev–Trinajstić information content (AvgIpc) is 2.67. The van der Waals surface area contributed by atoms with Crippen LogP contribution in [-0.4, -0.2) is 75.5 Å². The van der Waals surface area contributed by atoms with Gasteiger partial charge in [0.25, 0.3) is 0 Å². The number of esters is 1. The van der Waals surface area contributed by atoms with Gasteiger partial charge in [-0.2, -0.15) is 0 Å². The zero-order valence-electron chi connectivity index (χ0n) is 15.9. The van der Waals surface area contributed by atoms with Crippen LogP contribution < -0.4 is 16.0 Å². The quantitative estimate of drug-likeness (QED) is 0.406. The monoisotopic (exact) mass is 392 g/mol. The summed E-state index contributed by atoms with van der Waals surface area (Å²) in [6, 6.07) is 4.61. The van der Waals surface area contributed by atoms with Gasteiger partial charge in [0.1, 0.15) is 0 Å². The number of anilines is 1. The number of nitrogens with zero attached hydrogens (tertiary/aromatic N) is 1. The molecule has 28 heavy (non-hydrogen) atoms. The summed E-state index contributed by atoms with van der Waals surface area (Å²) in [5.41, 5.74) is 1.16. The smallest absolute Gasteiger partial charge is 0.337 e. The average molecular weight is 392 g/mol. The van der Waals surface area contributed by atoms with Crippen molar-refractivity contribution in [2.24, 2.45) is 0 Å². The summed E-state index contributed by atoms with van der Waals surface area (Å²) in [6.07, 6.45) is 0. The van der Waals surface area contributed by atoms with E-state index in [0.717, 1.165) is 0 Å². The van der Waals surface area contributed by atoms with Gasteiger partial charge in [0.05, 0.1) is 25.8 Å². The van der Waals surface area contributed by atoms with Gasteiger partial charge in [-0.05, 0) is 23.8 Å². The molecule has 0 atom stereocenters. The van der Waals surface area contributed by atoms with Gasteiger partial charge < -0.3 is 25.4 Å². The highest BCUT2D eigenvalue weighted by atomic mass is 16.5. The fourth-order valence-electron chi connectivity index (χ4n) is 2.73. The number of ether oxygens (including phenoxy) is 2. The maximum absolute atomic E-state index is 12.1. The number of carbonyl (C=O) groups excluding carboxylic acids is 4. The van der Waals surface area contributed by atoms with Crippen molar-refractivity contribution in [3.05, 3.63) is 29.3 Å². The van der Waals surface area contributed by atoms with E-state index in [4.69, 9.17) is 9.47 Å². The van der Waals surface area contributed by atoms with Crippen molar-refractivity contribution in [1.29, 1.82) is 0 Å². The number of benzene rings is 1. The lowest BCUT2D eigenvalue weighted by molar-refractivity contribution is -0.136. The number of carbonyl (C=O) groups is 4. The molecule has 0 aliphatic carbocycles. The van der Waals surface area contributed by atoms with Crippen LogP contribution in [0.4, 0.5) is 5.69 Å². The van der Waals surface area contributed by atoms with Gasteiger partial charge in [-0.3, -0.25) is 19.3 Å². The Morgan fingerprint density at radius 1 is 1.18 bits per heavy atom. The predicted octanol–water partition coefficient (Wildman–Crippen LogP) is -0.894. The highest BCUT2D eigenvalue weighted by Gasteiger charge is 2.18. The Labute approximate surface area is 162 Å². The van der Waals surface area contributed by atoms with Crippen LogP contribution in [0.1, 0.15) is 15.9 Å². The summed E-state index contributed by atoms with van der Waals surface area (Å²) in [4.78, 5) is 49.1. The van der Waals surface area contributed by atoms with Crippen molar-refractivity contribution >= 4 is 29.4 Å². The lowest BCUT2D eigenvalue weighted by atomic mass is 10.1. The fourth-order valence-corrected chi connectivity index (χ4v) is 2.73. The minimum Gasteiger partial charge on any atom is -0.465 e. The zero-order chi connectivity index (χ0) is 20.5. The molecule has 10 heteroatoms. The maximum atomic E-state index is 12.1. The van der Waals surface area contributed by atoms with Crippen LogP contribution in [-0.2, 0) is 30.5 Å². The van der Waals surface area contributed by atoms with Gasteiger partial charge in [0.2, 0.25) is 5.91 Å². The minimum absolute atomic E-state index is 0.0623. The van der Waals surface area contributed by atoms with Gasteiger partial charge in [-0.15, -0.1) is 0 Å². The van der Waals surface area contributed by atoms with Gasteiger partial charge in [0.15, 0.2) is 0 Å². The van der Waals surface area contributed by atoms with Gasteiger partial charge in [0, 0.05) is 39.0 Å². The summed E-state index contributed by atoms with van der Waals surface area (Å²) in [7, 11) is 2.76. The number of hydrogen-bond donors (Lipinski definition) is 3. The Kier molecular flexibility index (Phi) is 7.90. The normalized spacial score (nSPS) is 14.1. The van der Waals surface area contributed by atoms with Crippen molar-refractivity contribution in [1.82, 2.24) is 15.5 Å². The number of rotatable bonds is 7. The van der Waals surface area contributed by atoms with Crippen LogP contribution in [0.2, 0.25) is 0 Å². The van der Waals surface area contributed by atoms with Crippen LogP contribution in [0.15, 0.2) is 18.2 Å². The van der Waals surface area contributed by atoms with Gasteiger partial charge in [-0.1, -0.05) is 0 Å². The molecule has 1 aliphatic rings. The molecule has 0 unspecified atom stereocenters. The molecule has 3 amide bonds. The number of piperazine rings is 1. The number of methoxy groups -OCH3 is 2. The van der Waals surface area contributed by atoms with E-state index in [-0.39, 0.29) is 36.9 Å². The first kappa shape index (κ1) is 21.3.